The number of hydrogen-bond acceptors (Lipinski definition) is 4. The lowest BCUT2D eigenvalue weighted by molar-refractivity contribution is -0.268. The van der Waals surface area contributed by atoms with E-state index < -0.39 is 45.7 Å². The van der Waals surface area contributed by atoms with Crippen molar-refractivity contribution in [2.24, 2.45) is 0 Å². The van der Waals surface area contributed by atoms with E-state index in [0.29, 0.717) is 0 Å². The molecule has 29 heavy (non-hydrogen) atoms. The first-order valence-electron chi connectivity index (χ1n) is 8.86. The van der Waals surface area contributed by atoms with E-state index in [0.717, 1.165) is 0 Å². The minimum Gasteiger partial charge on any atom is -0.376 e. The third kappa shape index (κ3) is 4.97. The standard InChI is InChI=1S/C20H22F3NO4S/c1-14(2)29(27,28)17-10-8-15(9-11-17)18(25)24-13-12-19(26,20(21,22)23)16-6-4-3-5-7-16/h3-11,14,26H,12-13H2,1-2H3,(H,24,25)/t19-/m0/s1. The summed E-state index contributed by atoms with van der Waals surface area (Å²) in [5, 5.41) is 11.9. The van der Waals surface area contributed by atoms with E-state index in [2.05, 4.69) is 5.32 Å². The van der Waals surface area contributed by atoms with Crippen LogP contribution in [0.1, 0.15) is 36.2 Å². The van der Waals surface area contributed by atoms with Crippen molar-refractivity contribution in [1.29, 1.82) is 0 Å². The molecule has 0 fully saturated rings. The van der Waals surface area contributed by atoms with Crippen LogP contribution < -0.4 is 5.32 Å². The number of nitrogens with one attached hydrogen (secondary N) is 1. The monoisotopic (exact) mass is 429 g/mol. The summed E-state index contributed by atoms with van der Waals surface area (Å²) in [6.07, 6.45) is -5.70. The molecule has 0 radical (unpaired) electrons. The number of aliphatic hydroxyl groups is 1. The lowest BCUT2D eigenvalue weighted by Gasteiger charge is -2.31. The number of benzene rings is 2. The van der Waals surface area contributed by atoms with Gasteiger partial charge in [0.05, 0.1) is 10.1 Å². The molecule has 2 N–H and O–H groups in total. The lowest BCUT2D eigenvalue weighted by atomic mass is 9.89. The summed E-state index contributed by atoms with van der Waals surface area (Å²) in [4.78, 5) is 12.2. The number of amides is 1. The predicted molar refractivity (Wildman–Crippen MR) is 102 cm³/mol. The third-order valence-electron chi connectivity index (χ3n) is 4.56. The van der Waals surface area contributed by atoms with Gasteiger partial charge >= 0.3 is 6.18 Å². The van der Waals surface area contributed by atoms with Crippen LogP contribution in [-0.2, 0) is 15.4 Å². The SMILES string of the molecule is CC(C)S(=O)(=O)c1ccc(C(=O)NCC[C@](O)(c2ccccc2)C(F)(F)F)cc1. The topological polar surface area (TPSA) is 83.5 Å². The Hall–Kier alpha value is -2.39. The molecule has 0 saturated carbocycles. The van der Waals surface area contributed by atoms with Gasteiger partial charge in [0.25, 0.3) is 5.91 Å². The highest BCUT2D eigenvalue weighted by atomic mass is 32.2. The molecule has 0 aromatic heterocycles. The number of halogens is 3. The summed E-state index contributed by atoms with van der Waals surface area (Å²) in [6, 6.07) is 11.8. The second kappa shape index (κ2) is 8.54. The van der Waals surface area contributed by atoms with Crippen LogP contribution in [0.2, 0.25) is 0 Å². The fourth-order valence-corrected chi connectivity index (χ4v) is 3.75. The molecule has 0 bridgehead atoms. The Morgan fingerprint density at radius 3 is 2.07 bits per heavy atom. The van der Waals surface area contributed by atoms with E-state index in [9.17, 15) is 31.5 Å². The Balaban J connectivity index is 2.08. The third-order valence-corrected chi connectivity index (χ3v) is 6.73. The van der Waals surface area contributed by atoms with E-state index in [1.165, 1.54) is 68.4 Å². The van der Waals surface area contributed by atoms with Crippen LogP contribution in [-0.4, -0.2) is 37.4 Å². The normalized spacial score (nSPS) is 14.4. The smallest absolute Gasteiger partial charge is 0.376 e. The molecule has 0 aliphatic rings. The molecule has 0 aliphatic heterocycles. The molecule has 2 aromatic carbocycles. The van der Waals surface area contributed by atoms with Crippen molar-refractivity contribution < 1.29 is 31.5 Å². The van der Waals surface area contributed by atoms with Gasteiger partial charge in [-0.1, -0.05) is 30.3 Å². The van der Waals surface area contributed by atoms with Gasteiger partial charge in [0, 0.05) is 18.5 Å². The molecule has 0 spiro atoms. The number of carbonyl (C=O) groups excluding carboxylic acids is 1. The first kappa shape index (κ1) is 22.9. The molecule has 0 saturated heterocycles. The van der Waals surface area contributed by atoms with Gasteiger partial charge in [-0.3, -0.25) is 4.79 Å². The van der Waals surface area contributed by atoms with Crippen LogP contribution in [0, 0.1) is 0 Å². The Morgan fingerprint density at radius 2 is 1.59 bits per heavy atom. The Bertz CT molecular complexity index is 942. The summed E-state index contributed by atoms with van der Waals surface area (Å²) in [7, 11) is -3.49. The number of alkyl halides is 3. The fraction of sp³-hybridized carbons (Fsp3) is 0.350. The lowest BCUT2D eigenvalue weighted by Crippen LogP contribution is -2.45. The van der Waals surface area contributed by atoms with Crippen molar-refractivity contribution >= 4 is 15.7 Å². The maximum atomic E-state index is 13.4. The Kier molecular flexibility index (Phi) is 6.74. The number of carbonyl (C=O) groups is 1. The van der Waals surface area contributed by atoms with Gasteiger partial charge in [-0.05, 0) is 43.7 Å². The Labute approximate surface area is 167 Å². The minimum atomic E-state index is -4.92. The van der Waals surface area contributed by atoms with Crippen LogP contribution in [0.3, 0.4) is 0 Å². The minimum absolute atomic E-state index is 0.0552. The van der Waals surface area contributed by atoms with Crippen molar-refractivity contribution in [2.45, 2.75) is 42.2 Å². The first-order valence-corrected chi connectivity index (χ1v) is 10.4. The second-order valence-electron chi connectivity index (χ2n) is 6.85. The van der Waals surface area contributed by atoms with E-state index in [4.69, 9.17) is 0 Å². The molecule has 9 heteroatoms. The first-order chi connectivity index (χ1) is 13.4. The van der Waals surface area contributed by atoms with Crippen LogP contribution in [0.25, 0.3) is 0 Å². The highest BCUT2D eigenvalue weighted by Crippen LogP contribution is 2.41. The number of rotatable bonds is 7. The molecule has 0 unspecified atom stereocenters. The van der Waals surface area contributed by atoms with Gasteiger partial charge in [0.1, 0.15) is 0 Å². The largest absolute Gasteiger partial charge is 0.421 e. The summed E-state index contributed by atoms with van der Waals surface area (Å²) >= 11 is 0. The Morgan fingerprint density at radius 1 is 1.03 bits per heavy atom. The second-order valence-corrected chi connectivity index (χ2v) is 9.35. The average molecular weight is 429 g/mol. The number of sulfone groups is 1. The molecule has 1 atom stereocenters. The van der Waals surface area contributed by atoms with Crippen LogP contribution in [0.5, 0.6) is 0 Å². The zero-order chi connectivity index (χ0) is 21.9. The van der Waals surface area contributed by atoms with Gasteiger partial charge in [-0.15, -0.1) is 0 Å². The molecule has 1 amide bonds. The van der Waals surface area contributed by atoms with Gasteiger partial charge in [-0.25, -0.2) is 8.42 Å². The fourth-order valence-electron chi connectivity index (χ4n) is 2.69. The van der Waals surface area contributed by atoms with Crippen LogP contribution in [0.15, 0.2) is 59.5 Å². The molecular weight excluding hydrogens is 407 g/mol. The zero-order valence-corrected chi connectivity index (χ0v) is 16.7. The maximum absolute atomic E-state index is 13.4. The molecular formula is C20H22F3NO4S. The molecule has 2 rings (SSSR count). The highest BCUT2D eigenvalue weighted by molar-refractivity contribution is 7.92. The van der Waals surface area contributed by atoms with Crippen molar-refractivity contribution in [3.05, 3.63) is 65.7 Å². The van der Waals surface area contributed by atoms with Gasteiger partial charge in [-0.2, -0.15) is 13.2 Å². The quantitative estimate of drug-likeness (QED) is 0.706. The summed E-state index contributed by atoms with van der Waals surface area (Å²) < 4.78 is 64.5. The van der Waals surface area contributed by atoms with Gasteiger partial charge < -0.3 is 10.4 Å². The molecule has 5 nitrogen and oxygen atoms in total. The molecule has 2 aromatic rings. The summed E-state index contributed by atoms with van der Waals surface area (Å²) in [6.45, 7) is 2.63. The predicted octanol–water partition coefficient (Wildman–Crippen LogP) is 3.44. The van der Waals surface area contributed by atoms with E-state index >= 15 is 0 Å². The van der Waals surface area contributed by atoms with E-state index in [1.807, 2.05) is 0 Å². The van der Waals surface area contributed by atoms with Crippen molar-refractivity contribution in [1.82, 2.24) is 5.32 Å². The molecule has 0 aliphatic carbocycles. The van der Waals surface area contributed by atoms with Crippen molar-refractivity contribution in [3.8, 4) is 0 Å². The highest BCUT2D eigenvalue weighted by Gasteiger charge is 2.54. The van der Waals surface area contributed by atoms with Crippen LogP contribution >= 0.6 is 0 Å². The molecule has 158 valence electrons. The average Bonchev–Trinajstić information content (AvgIpc) is 2.67. The summed E-state index contributed by atoms with van der Waals surface area (Å²) in [5.74, 6) is -0.670. The molecule has 0 heterocycles. The van der Waals surface area contributed by atoms with Gasteiger partial charge in [0.2, 0.25) is 0 Å². The van der Waals surface area contributed by atoms with E-state index in [1.54, 1.807) is 0 Å². The van der Waals surface area contributed by atoms with E-state index in [-0.39, 0.29) is 16.0 Å². The van der Waals surface area contributed by atoms with Gasteiger partial charge in [0.15, 0.2) is 15.4 Å². The van der Waals surface area contributed by atoms with Crippen molar-refractivity contribution in [3.63, 3.8) is 0 Å². The summed E-state index contributed by atoms with van der Waals surface area (Å²) in [5.41, 5.74) is -3.32. The maximum Gasteiger partial charge on any atom is 0.421 e. The zero-order valence-electron chi connectivity index (χ0n) is 15.9. The number of hydrogen-bond donors (Lipinski definition) is 2. The van der Waals surface area contributed by atoms with Crippen LogP contribution in [0.4, 0.5) is 13.2 Å². The van der Waals surface area contributed by atoms with Crippen molar-refractivity contribution in [2.75, 3.05) is 6.54 Å².